The van der Waals surface area contributed by atoms with E-state index in [9.17, 15) is 14.7 Å². The molecule has 2 fully saturated rings. The average molecular weight is 375 g/mol. The van der Waals surface area contributed by atoms with Gasteiger partial charge in [-0.15, -0.1) is 0 Å². The van der Waals surface area contributed by atoms with Gasteiger partial charge in [0.1, 0.15) is 6.10 Å². The Labute approximate surface area is 159 Å². The number of carbonyl (C=O) groups excluding carboxylic acids is 2. The molecule has 3 rings (SSSR count). The molecule has 7 nitrogen and oxygen atoms in total. The van der Waals surface area contributed by atoms with Gasteiger partial charge in [0.25, 0.3) is 0 Å². The summed E-state index contributed by atoms with van der Waals surface area (Å²) >= 11 is 0. The first-order valence-corrected chi connectivity index (χ1v) is 9.70. The van der Waals surface area contributed by atoms with E-state index in [0.717, 1.165) is 36.9 Å². The summed E-state index contributed by atoms with van der Waals surface area (Å²) in [6, 6.07) is 7.38. The average Bonchev–Trinajstić information content (AvgIpc) is 3.29. The predicted octanol–water partition coefficient (Wildman–Crippen LogP) is 1.17. The minimum Gasteiger partial charge on any atom is -0.389 e. The van der Waals surface area contributed by atoms with Crippen LogP contribution in [0.1, 0.15) is 38.2 Å². The van der Waals surface area contributed by atoms with Gasteiger partial charge in [0.05, 0.1) is 18.8 Å². The predicted molar refractivity (Wildman–Crippen MR) is 102 cm³/mol. The molecule has 4 N–H and O–H groups in total. The summed E-state index contributed by atoms with van der Waals surface area (Å²) in [6.07, 6.45) is 3.13. The number of nitrogens with one attached hydrogen (secondary N) is 3. The van der Waals surface area contributed by atoms with E-state index in [0.29, 0.717) is 19.7 Å². The summed E-state index contributed by atoms with van der Waals surface area (Å²) in [5.74, 6) is 0.107. The van der Waals surface area contributed by atoms with Gasteiger partial charge in [0, 0.05) is 31.6 Å². The number of amides is 2. The maximum Gasteiger partial charge on any atom is 0.223 e. The molecule has 1 aromatic rings. The first-order valence-electron chi connectivity index (χ1n) is 9.70. The minimum absolute atomic E-state index is 0.0824. The highest BCUT2D eigenvalue weighted by Crippen LogP contribution is 2.24. The molecule has 0 spiro atoms. The van der Waals surface area contributed by atoms with E-state index in [2.05, 4.69) is 16.0 Å². The molecule has 0 radical (unpaired) electrons. The Bertz CT molecular complexity index is 643. The molecular formula is C20H29N3O4. The number of hydrogen-bond acceptors (Lipinski definition) is 5. The molecule has 27 heavy (non-hydrogen) atoms. The highest BCUT2D eigenvalue weighted by molar-refractivity contribution is 5.88. The van der Waals surface area contributed by atoms with Crippen molar-refractivity contribution >= 4 is 17.5 Å². The van der Waals surface area contributed by atoms with E-state index in [1.807, 2.05) is 24.3 Å². The lowest BCUT2D eigenvalue weighted by molar-refractivity contribution is -0.125. The fourth-order valence-corrected chi connectivity index (χ4v) is 3.73. The topological polar surface area (TPSA) is 99.7 Å². The number of rotatable bonds is 7. The van der Waals surface area contributed by atoms with Gasteiger partial charge in [-0.3, -0.25) is 9.59 Å². The highest BCUT2D eigenvalue weighted by Gasteiger charge is 2.36. The van der Waals surface area contributed by atoms with E-state index in [1.54, 1.807) is 0 Å². The molecule has 1 saturated carbocycles. The summed E-state index contributed by atoms with van der Waals surface area (Å²) in [5.41, 5.74) is 1.81. The van der Waals surface area contributed by atoms with Crippen molar-refractivity contribution in [3.05, 3.63) is 29.8 Å². The van der Waals surface area contributed by atoms with Gasteiger partial charge in [0.2, 0.25) is 11.8 Å². The number of aliphatic hydroxyl groups is 1. The molecule has 1 aliphatic carbocycles. The molecule has 3 atom stereocenters. The van der Waals surface area contributed by atoms with Gasteiger partial charge in [-0.1, -0.05) is 25.0 Å². The van der Waals surface area contributed by atoms with Crippen LogP contribution in [0.5, 0.6) is 0 Å². The molecular weight excluding hydrogens is 346 g/mol. The van der Waals surface area contributed by atoms with Crippen LogP contribution in [0.15, 0.2) is 24.3 Å². The van der Waals surface area contributed by atoms with Gasteiger partial charge >= 0.3 is 0 Å². The highest BCUT2D eigenvalue weighted by atomic mass is 16.5. The standard InChI is InChI=1S/C20H29N3O4/c1-13(24)23-16-8-6-14(7-9-16)10-21-17-12-27-18(19(17)25)11-22-20(26)15-4-2-3-5-15/h6-9,15,17-19,21,25H,2-5,10-12H2,1H3,(H,22,26)(H,23,24). The number of benzene rings is 1. The summed E-state index contributed by atoms with van der Waals surface area (Å²) in [6.45, 7) is 2.82. The van der Waals surface area contributed by atoms with Crippen molar-refractivity contribution in [1.82, 2.24) is 10.6 Å². The largest absolute Gasteiger partial charge is 0.389 e. The lowest BCUT2D eigenvalue weighted by atomic mass is 10.1. The zero-order valence-corrected chi connectivity index (χ0v) is 15.7. The Morgan fingerprint density at radius 3 is 2.56 bits per heavy atom. The van der Waals surface area contributed by atoms with Gasteiger partial charge in [-0.05, 0) is 30.5 Å². The fraction of sp³-hybridized carbons (Fsp3) is 0.600. The monoisotopic (exact) mass is 375 g/mol. The van der Waals surface area contributed by atoms with Crippen molar-refractivity contribution in [2.75, 3.05) is 18.5 Å². The number of carbonyl (C=O) groups is 2. The van der Waals surface area contributed by atoms with Gasteiger partial charge in [-0.2, -0.15) is 0 Å². The molecule has 0 bridgehead atoms. The second kappa shape index (κ2) is 9.30. The van der Waals surface area contributed by atoms with Gasteiger partial charge in [0.15, 0.2) is 0 Å². The SMILES string of the molecule is CC(=O)Nc1ccc(CNC2COC(CNC(=O)C3CCCC3)C2O)cc1. The van der Waals surface area contributed by atoms with Crippen LogP contribution in [0, 0.1) is 5.92 Å². The van der Waals surface area contributed by atoms with Gasteiger partial charge in [-0.25, -0.2) is 0 Å². The van der Waals surface area contributed by atoms with Crippen LogP contribution < -0.4 is 16.0 Å². The fourth-order valence-electron chi connectivity index (χ4n) is 3.73. The molecule has 1 saturated heterocycles. The summed E-state index contributed by atoms with van der Waals surface area (Å²) in [7, 11) is 0. The van der Waals surface area contributed by atoms with Crippen molar-refractivity contribution in [2.24, 2.45) is 5.92 Å². The minimum atomic E-state index is -0.660. The Morgan fingerprint density at radius 2 is 1.89 bits per heavy atom. The van der Waals surface area contributed by atoms with Crippen LogP contribution >= 0.6 is 0 Å². The van der Waals surface area contributed by atoms with Crippen LogP contribution in [0.25, 0.3) is 0 Å². The lowest BCUT2D eigenvalue weighted by Crippen LogP contribution is -2.45. The number of hydrogen-bond donors (Lipinski definition) is 4. The van der Waals surface area contributed by atoms with E-state index in [-0.39, 0.29) is 29.9 Å². The second-order valence-electron chi connectivity index (χ2n) is 7.45. The van der Waals surface area contributed by atoms with Crippen LogP contribution in [0.4, 0.5) is 5.69 Å². The van der Waals surface area contributed by atoms with Crippen molar-refractivity contribution in [1.29, 1.82) is 0 Å². The molecule has 1 aliphatic heterocycles. The molecule has 3 unspecified atom stereocenters. The maximum absolute atomic E-state index is 12.1. The van der Waals surface area contributed by atoms with Crippen molar-refractivity contribution < 1.29 is 19.4 Å². The number of ether oxygens (including phenoxy) is 1. The molecule has 2 aliphatic rings. The maximum atomic E-state index is 12.1. The summed E-state index contributed by atoms with van der Waals surface area (Å²) < 4.78 is 5.67. The lowest BCUT2D eigenvalue weighted by Gasteiger charge is -2.20. The van der Waals surface area contributed by atoms with Crippen LogP contribution in [0.2, 0.25) is 0 Å². The normalized spacial score (nSPS) is 25.5. The molecule has 2 amide bonds. The van der Waals surface area contributed by atoms with Crippen molar-refractivity contribution in [3.8, 4) is 0 Å². The van der Waals surface area contributed by atoms with E-state index in [4.69, 9.17) is 4.74 Å². The molecule has 1 aromatic carbocycles. The second-order valence-corrected chi connectivity index (χ2v) is 7.45. The van der Waals surface area contributed by atoms with Crippen molar-refractivity contribution in [3.63, 3.8) is 0 Å². The first-order chi connectivity index (χ1) is 13.0. The third kappa shape index (κ3) is 5.51. The third-order valence-electron chi connectivity index (χ3n) is 5.33. The Kier molecular flexibility index (Phi) is 6.82. The number of anilines is 1. The van der Waals surface area contributed by atoms with E-state index >= 15 is 0 Å². The zero-order valence-electron chi connectivity index (χ0n) is 15.7. The van der Waals surface area contributed by atoms with Crippen LogP contribution in [0.3, 0.4) is 0 Å². The Hall–Kier alpha value is -1.96. The molecule has 0 aromatic heterocycles. The van der Waals surface area contributed by atoms with Crippen LogP contribution in [-0.4, -0.2) is 48.3 Å². The Balaban J connectivity index is 1.41. The smallest absolute Gasteiger partial charge is 0.223 e. The summed E-state index contributed by atoms with van der Waals surface area (Å²) in [5, 5.41) is 19.4. The van der Waals surface area contributed by atoms with Crippen molar-refractivity contribution in [2.45, 2.75) is 57.4 Å². The first kappa shape index (κ1) is 19.8. The Morgan fingerprint density at radius 1 is 1.19 bits per heavy atom. The molecule has 148 valence electrons. The third-order valence-corrected chi connectivity index (χ3v) is 5.33. The molecule has 1 heterocycles. The molecule has 7 heteroatoms. The van der Waals surface area contributed by atoms with Crippen LogP contribution in [-0.2, 0) is 20.9 Å². The van der Waals surface area contributed by atoms with Gasteiger partial charge < -0.3 is 25.8 Å². The van der Waals surface area contributed by atoms with E-state index in [1.165, 1.54) is 6.92 Å². The zero-order chi connectivity index (χ0) is 19.2. The number of aliphatic hydroxyl groups excluding tert-OH is 1. The summed E-state index contributed by atoms with van der Waals surface area (Å²) in [4.78, 5) is 23.1. The van der Waals surface area contributed by atoms with E-state index < -0.39 is 6.10 Å². The quantitative estimate of drug-likeness (QED) is 0.573.